The van der Waals surface area contributed by atoms with Gasteiger partial charge in [0.05, 0.1) is 18.6 Å². The molecule has 0 radical (unpaired) electrons. The number of amides is 2. The second-order valence-electron chi connectivity index (χ2n) is 10.2. The molecule has 0 aromatic heterocycles. The lowest BCUT2D eigenvalue weighted by molar-refractivity contribution is -0.160. The van der Waals surface area contributed by atoms with E-state index in [1.807, 2.05) is 48.5 Å². The van der Waals surface area contributed by atoms with Crippen LogP contribution in [0.5, 0.6) is 0 Å². The predicted molar refractivity (Wildman–Crippen MR) is 134 cm³/mol. The maximum Gasteiger partial charge on any atom is 0.309 e. The molecular weight excluding hydrogens is 434 g/mol. The van der Waals surface area contributed by atoms with Crippen molar-refractivity contribution in [3.8, 4) is 0 Å². The number of anilines is 1. The molecular formula is C26H43N3O5. The van der Waals surface area contributed by atoms with Crippen LogP contribution in [-0.2, 0) is 19.1 Å². The van der Waals surface area contributed by atoms with Gasteiger partial charge in [-0.3, -0.25) is 14.4 Å². The number of nitrogens with zero attached hydrogens (tertiary/aromatic N) is 1. The van der Waals surface area contributed by atoms with Crippen LogP contribution in [0, 0.1) is 11.8 Å². The Labute approximate surface area is 204 Å². The van der Waals surface area contributed by atoms with Crippen LogP contribution in [0.2, 0.25) is 0 Å². The zero-order valence-electron chi connectivity index (χ0n) is 22.2. The van der Waals surface area contributed by atoms with Gasteiger partial charge in [-0.25, -0.2) is 0 Å². The molecule has 4 atom stereocenters. The summed E-state index contributed by atoms with van der Waals surface area (Å²) in [5.74, 6) is -1.09. The molecule has 0 fully saturated rings. The second kappa shape index (κ2) is 12.7. The monoisotopic (exact) mass is 477 g/mol. The summed E-state index contributed by atoms with van der Waals surface area (Å²) in [5, 5.41) is 2.87. The van der Waals surface area contributed by atoms with E-state index in [1.165, 1.54) is 7.11 Å². The van der Waals surface area contributed by atoms with Crippen LogP contribution >= 0.6 is 0 Å². The summed E-state index contributed by atoms with van der Waals surface area (Å²) in [7, 11) is 3.23. The van der Waals surface area contributed by atoms with E-state index in [0.717, 1.165) is 6.42 Å². The van der Waals surface area contributed by atoms with E-state index in [0.29, 0.717) is 11.3 Å². The summed E-state index contributed by atoms with van der Waals surface area (Å²) in [6.07, 6.45) is 0.241. The lowest BCUT2D eigenvalue weighted by atomic mass is 9.90. The molecule has 192 valence electrons. The molecule has 0 saturated heterocycles. The Kier molecular flexibility index (Phi) is 11.0. The number of nitrogens with one attached hydrogen (secondary N) is 1. The van der Waals surface area contributed by atoms with E-state index in [1.54, 1.807) is 36.2 Å². The minimum absolute atomic E-state index is 0.0184. The van der Waals surface area contributed by atoms with Gasteiger partial charge in [-0.15, -0.1) is 0 Å². The third-order valence-electron chi connectivity index (χ3n) is 5.89. The number of nitrogens with two attached hydrogens (primary N) is 1. The molecule has 8 nitrogen and oxygen atoms in total. The minimum Gasteiger partial charge on any atom is -0.460 e. The number of benzene rings is 1. The molecule has 0 unspecified atom stereocenters. The number of esters is 1. The fourth-order valence-corrected chi connectivity index (χ4v) is 3.87. The molecule has 3 N–H and O–H groups in total. The number of hydrogen-bond acceptors (Lipinski definition) is 6. The minimum atomic E-state index is -0.749. The summed E-state index contributed by atoms with van der Waals surface area (Å²) < 4.78 is 11.2. The molecule has 0 aliphatic carbocycles. The van der Waals surface area contributed by atoms with Crippen LogP contribution in [0.25, 0.3) is 0 Å². The van der Waals surface area contributed by atoms with Gasteiger partial charge in [-0.1, -0.05) is 34.1 Å². The van der Waals surface area contributed by atoms with Crippen LogP contribution in [0.1, 0.15) is 71.7 Å². The first kappa shape index (κ1) is 29.4. The molecule has 0 aliphatic rings. The zero-order chi connectivity index (χ0) is 26.2. The quantitative estimate of drug-likeness (QED) is 0.372. The van der Waals surface area contributed by atoms with Gasteiger partial charge < -0.3 is 25.4 Å². The van der Waals surface area contributed by atoms with Crippen molar-refractivity contribution in [2.24, 2.45) is 11.8 Å². The normalized spacial score (nSPS) is 15.2. The average molecular weight is 478 g/mol. The second-order valence-corrected chi connectivity index (χ2v) is 10.2. The number of carbonyl (C=O) groups excluding carboxylic acids is 3. The number of ether oxygens (including phenoxy) is 2. The lowest BCUT2D eigenvalue weighted by Crippen LogP contribution is -2.57. The Morgan fingerprint density at radius 3 is 2.09 bits per heavy atom. The van der Waals surface area contributed by atoms with Gasteiger partial charge in [0.2, 0.25) is 5.91 Å². The van der Waals surface area contributed by atoms with Gasteiger partial charge >= 0.3 is 5.97 Å². The molecule has 0 aliphatic heterocycles. The molecule has 1 aromatic carbocycles. The van der Waals surface area contributed by atoms with Crippen molar-refractivity contribution in [2.45, 2.75) is 85.1 Å². The van der Waals surface area contributed by atoms with Crippen molar-refractivity contribution in [1.29, 1.82) is 0 Å². The van der Waals surface area contributed by atoms with Gasteiger partial charge in [0.1, 0.15) is 11.6 Å². The van der Waals surface area contributed by atoms with E-state index >= 15 is 0 Å². The largest absolute Gasteiger partial charge is 0.460 e. The summed E-state index contributed by atoms with van der Waals surface area (Å²) in [4.78, 5) is 40.6. The Hall–Kier alpha value is -2.61. The maximum atomic E-state index is 13.6. The van der Waals surface area contributed by atoms with Crippen LogP contribution in [-0.4, -0.2) is 60.6 Å². The van der Waals surface area contributed by atoms with Gasteiger partial charge in [0.15, 0.2) is 0 Å². The Bertz CT molecular complexity index is 817. The SMILES string of the molecule is CC[C@H](C)[C@@H]([C@@H](CC(=O)OC(C)(C)C)OC)N(C)C(=O)[C@@H](NC(=O)c1ccc(N)cc1)C(C)C. The van der Waals surface area contributed by atoms with Crippen LogP contribution < -0.4 is 11.1 Å². The third kappa shape index (κ3) is 8.63. The smallest absolute Gasteiger partial charge is 0.309 e. The molecule has 0 bridgehead atoms. The Balaban J connectivity index is 3.14. The highest BCUT2D eigenvalue weighted by atomic mass is 16.6. The Morgan fingerprint density at radius 1 is 1.09 bits per heavy atom. The Morgan fingerprint density at radius 2 is 1.65 bits per heavy atom. The topological polar surface area (TPSA) is 111 Å². The highest BCUT2D eigenvalue weighted by Crippen LogP contribution is 2.24. The van der Waals surface area contributed by atoms with Crippen molar-refractivity contribution in [3.05, 3.63) is 29.8 Å². The standard InChI is InChI=1S/C26H43N3O5/c1-10-17(4)23(20(33-9)15-21(30)34-26(5,6)7)29(8)25(32)22(16(2)3)28-24(31)18-11-13-19(27)14-12-18/h11-14,16-17,20,22-23H,10,15,27H2,1-9H3,(H,28,31)/t17-,20+,22-,23-/m0/s1. The van der Waals surface area contributed by atoms with Crippen LogP contribution in [0.3, 0.4) is 0 Å². The fourth-order valence-electron chi connectivity index (χ4n) is 3.87. The highest BCUT2D eigenvalue weighted by molar-refractivity contribution is 5.97. The van der Waals surface area contributed by atoms with Gasteiger partial charge in [-0.2, -0.15) is 0 Å². The molecule has 0 spiro atoms. The highest BCUT2D eigenvalue weighted by Gasteiger charge is 2.38. The molecule has 34 heavy (non-hydrogen) atoms. The number of methoxy groups -OCH3 is 1. The van der Waals surface area contributed by atoms with Crippen molar-refractivity contribution >= 4 is 23.5 Å². The molecule has 1 aromatic rings. The predicted octanol–water partition coefficient (Wildman–Crippen LogP) is 3.64. The molecule has 0 heterocycles. The molecule has 2 amide bonds. The average Bonchev–Trinajstić information content (AvgIpc) is 2.74. The van der Waals surface area contributed by atoms with Crippen molar-refractivity contribution in [2.75, 3.05) is 19.9 Å². The first-order valence-electron chi connectivity index (χ1n) is 11.9. The van der Waals surface area contributed by atoms with Gasteiger partial charge in [0, 0.05) is 25.4 Å². The van der Waals surface area contributed by atoms with Crippen molar-refractivity contribution in [1.82, 2.24) is 10.2 Å². The molecule has 8 heteroatoms. The number of nitrogen functional groups attached to an aromatic ring is 1. The third-order valence-corrected chi connectivity index (χ3v) is 5.89. The maximum absolute atomic E-state index is 13.6. The fraction of sp³-hybridized carbons (Fsp3) is 0.654. The number of rotatable bonds is 11. The van der Waals surface area contributed by atoms with E-state index in [-0.39, 0.29) is 42.1 Å². The molecule has 1 rings (SSSR count). The van der Waals surface area contributed by atoms with Crippen LogP contribution in [0.15, 0.2) is 24.3 Å². The van der Waals surface area contributed by atoms with Crippen molar-refractivity contribution < 1.29 is 23.9 Å². The zero-order valence-corrected chi connectivity index (χ0v) is 22.2. The van der Waals surface area contributed by atoms with Gasteiger partial charge in [-0.05, 0) is 56.9 Å². The van der Waals surface area contributed by atoms with E-state index in [2.05, 4.69) is 5.32 Å². The molecule has 0 saturated carbocycles. The van der Waals surface area contributed by atoms with E-state index < -0.39 is 17.7 Å². The van der Waals surface area contributed by atoms with Gasteiger partial charge in [0.25, 0.3) is 5.91 Å². The number of carbonyl (C=O) groups is 3. The summed E-state index contributed by atoms with van der Waals surface area (Å²) in [6, 6.07) is 5.41. The van der Waals surface area contributed by atoms with Crippen LogP contribution in [0.4, 0.5) is 5.69 Å². The first-order valence-corrected chi connectivity index (χ1v) is 11.9. The summed E-state index contributed by atoms with van der Waals surface area (Å²) >= 11 is 0. The first-order chi connectivity index (χ1) is 15.7. The van der Waals surface area contributed by atoms with Crippen molar-refractivity contribution in [3.63, 3.8) is 0 Å². The van der Waals surface area contributed by atoms with E-state index in [4.69, 9.17) is 15.2 Å². The van der Waals surface area contributed by atoms with E-state index in [9.17, 15) is 14.4 Å². The summed E-state index contributed by atoms with van der Waals surface area (Å²) in [6.45, 7) is 13.2. The number of hydrogen-bond donors (Lipinski definition) is 2. The number of likely N-dealkylation sites (N-methyl/N-ethyl adjacent to an activating group) is 1. The lowest BCUT2D eigenvalue weighted by Gasteiger charge is -2.39. The summed E-state index contributed by atoms with van der Waals surface area (Å²) in [5.41, 5.74) is 6.08.